The average molecular weight is 291 g/mol. The van der Waals surface area contributed by atoms with E-state index in [4.69, 9.17) is 17.5 Å². The highest BCUT2D eigenvalue weighted by Crippen LogP contribution is 2.52. The lowest BCUT2D eigenvalue weighted by Gasteiger charge is -2.04. The molecule has 0 radical (unpaired) electrons. The molecule has 2 atom stereocenters. The van der Waals surface area contributed by atoms with Crippen LogP contribution in [-0.4, -0.2) is 9.55 Å². The summed E-state index contributed by atoms with van der Waals surface area (Å²) in [5.74, 6) is 0.516. The summed E-state index contributed by atoms with van der Waals surface area (Å²) in [6.07, 6.45) is 1.10. The Kier molecular flexibility index (Phi) is 2.69. The monoisotopic (exact) mass is 291 g/mol. The third-order valence-electron chi connectivity index (χ3n) is 4.16. The molecule has 1 heterocycles. The second-order valence-electron chi connectivity index (χ2n) is 5.46. The molecule has 0 spiro atoms. The lowest BCUT2D eigenvalue weighted by molar-refractivity contribution is 0.728. The van der Waals surface area contributed by atoms with E-state index in [1.807, 2.05) is 24.3 Å². The molecule has 4 heteroatoms. The predicted molar refractivity (Wildman–Crippen MR) is 84.7 cm³/mol. The number of hydrogen-bond acceptors (Lipinski definition) is 2. The van der Waals surface area contributed by atoms with Crippen LogP contribution in [0.15, 0.2) is 48.5 Å². The Hall–Kier alpha value is -2.38. The molecule has 0 saturated heterocycles. The van der Waals surface area contributed by atoms with Crippen LogP contribution in [0.1, 0.15) is 29.5 Å². The molecule has 1 saturated carbocycles. The largest absolute Gasteiger partial charge is 0.331 e. The lowest BCUT2D eigenvalue weighted by Crippen LogP contribution is -1.96. The van der Waals surface area contributed by atoms with Gasteiger partial charge in [0, 0.05) is 12.0 Å². The van der Waals surface area contributed by atoms with Crippen molar-refractivity contribution in [2.45, 2.75) is 18.4 Å². The van der Waals surface area contributed by atoms with Crippen molar-refractivity contribution < 1.29 is 0 Å². The summed E-state index contributed by atoms with van der Waals surface area (Å²) in [6, 6.07) is 18.8. The van der Waals surface area contributed by atoms with Crippen LogP contribution in [0, 0.1) is 16.1 Å². The number of imidazole rings is 1. The van der Waals surface area contributed by atoms with Gasteiger partial charge in [-0.3, -0.25) is 0 Å². The van der Waals surface area contributed by atoms with Crippen molar-refractivity contribution in [3.05, 3.63) is 64.4 Å². The molecule has 21 heavy (non-hydrogen) atoms. The first-order chi connectivity index (χ1) is 10.3. The molecular formula is C17H13N3S. The number of aromatic amines is 1. The molecule has 1 fully saturated rings. The van der Waals surface area contributed by atoms with E-state index in [0.717, 1.165) is 22.2 Å². The first-order valence-corrected chi connectivity index (χ1v) is 7.38. The van der Waals surface area contributed by atoms with Crippen LogP contribution < -0.4 is 0 Å². The zero-order chi connectivity index (χ0) is 14.4. The van der Waals surface area contributed by atoms with Gasteiger partial charge >= 0.3 is 0 Å². The normalized spacial score (nSPS) is 20.3. The standard InChI is InChI=1S/C17H13N3S/c18-10-11-6-7-14-16(8-11)20(17(21)19-14)15-9-13(15)12-4-2-1-3-5-12/h1-8,13,15H,9H2,(H,19,21). The number of nitrogens with zero attached hydrogens (tertiary/aromatic N) is 2. The molecule has 4 rings (SSSR count). The topological polar surface area (TPSA) is 44.5 Å². The Labute approximate surface area is 127 Å². The Morgan fingerprint density at radius 1 is 1.19 bits per heavy atom. The highest BCUT2D eigenvalue weighted by atomic mass is 32.1. The van der Waals surface area contributed by atoms with Crippen molar-refractivity contribution in [2.24, 2.45) is 0 Å². The fourth-order valence-electron chi connectivity index (χ4n) is 3.05. The molecule has 3 nitrogen and oxygen atoms in total. The van der Waals surface area contributed by atoms with E-state index in [2.05, 4.69) is 39.9 Å². The van der Waals surface area contributed by atoms with E-state index < -0.39 is 0 Å². The number of H-pyrrole nitrogens is 1. The van der Waals surface area contributed by atoms with Gasteiger partial charge in [-0.25, -0.2) is 0 Å². The van der Waals surface area contributed by atoms with Gasteiger partial charge in [-0.15, -0.1) is 0 Å². The Bertz CT molecular complexity index is 915. The maximum absolute atomic E-state index is 9.08. The SMILES string of the molecule is N#Cc1ccc2[nH]c(=S)n(C3CC3c3ccccc3)c2c1. The van der Waals surface area contributed by atoms with Crippen LogP contribution in [0.5, 0.6) is 0 Å². The highest BCUT2D eigenvalue weighted by molar-refractivity contribution is 7.71. The molecule has 1 N–H and O–H groups in total. The van der Waals surface area contributed by atoms with E-state index in [9.17, 15) is 0 Å². The van der Waals surface area contributed by atoms with Crippen LogP contribution in [0.4, 0.5) is 0 Å². The predicted octanol–water partition coefficient (Wildman–Crippen LogP) is 4.30. The molecule has 0 bridgehead atoms. The Morgan fingerprint density at radius 2 is 2.00 bits per heavy atom. The molecule has 2 unspecified atom stereocenters. The van der Waals surface area contributed by atoms with Crippen LogP contribution >= 0.6 is 12.2 Å². The van der Waals surface area contributed by atoms with Gasteiger partial charge in [-0.2, -0.15) is 5.26 Å². The van der Waals surface area contributed by atoms with Crippen LogP contribution in [0.3, 0.4) is 0 Å². The van der Waals surface area contributed by atoms with E-state index in [0.29, 0.717) is 17.5 Å². The average Bonchev–Trinajstić information content (AvgIpc) is 3.23. The first kappa shape index (κ1) is 12.4. The van der Waals surface area contributed by atoms with Gasteiger partial charge in [0.05, 0.1) is 22.7 Å². The third kappa shape index (κ3) is 1.98. The maximum atomic E-state index is 9.08. The second kappa shape index (κ2) is 4.57. The van der Waals surface area contributed by atoms with Gasteiger partial charge in [-0.1, -0.05) is 30.3 Å². The van der Waals surface area contributed by atoms with E-state index in [1.165, 1.54) is 5.56 Å². The van der Waals surface area contributed by atoms with Gasteiger partial charge in [0.15, 0.2) is 4.77 Å². The van der Waals surface area contributed by atoms with Crippen molar-refractivity contribution in [3.8, 4) is 6.07 Å². The van der Waals surface area contributed by atoms with Gasteiger partial charge in [-0.05, 0) is 42.4 Å². The van der Waals surface area contributed by atoms with Crippen LogP contribution in [0.2, 0.25) is 0 Å². The van der Waals surface area contributed by atoms with Crippen LogP contribution in [0.25, 0.3) is 11.0 Å². The number of nitriles is 1. The fourth-order valence-corrected chi connectivity index (χ4v) is 3.39. The first-order valence-electron chi connectivity index (χ1n) is 6.97. The number of aromatic nitrogens is 2. The molecule has 1 aliphatic carbocycles. The number of hydrogen-bond donors (Lipinski definition) is 1. The van der Waals surface area contributed by atoms with Crippen molar-refractivity contribution in [3.63, 3.8) is 0 Å². The zero-order valence-corrected chi connectivity index (χ0v) is 12.1. The number of benzene rings is 2. The summed E-state index contributed by atoms with van der Waals surface area (Å²) in [7, 11) is 0. The fraction of sp³-hybridized carbons (Fsp3) is 0.176. The van der Waals surface area contributed by atoms with Crippen LogP contribution in [-0.2, 0) is 0 Å². The minimum Gasteiger partial charge on any atom is -0.331 e. The number of fused-ring (bicyclic) bond motifs is 1. The van der Waals surface area contributed by atoms with Crippen molar-refractivity contribution >= 4 is 23.3 Å². The van der Waals surface area contributed by atoms with Gasteiger partial charge in [0.2, 0.25) is 0 Å². The lowest BCUT2D eigenvalue weighted by atomic mass is 10.1. The van der Waals surface area contributed by atoms with Gasteiger partial charge < -0.3 is 9.55 Å². The smallest absolute Gasteiger partial charge is 0.178 e. The molecule has 0 aliphatic heterocycles. The minimum absolute atomic E-state index is 0.391. The van der Waals surface area contributed by atoms with Gasteiger partial charge in [0.25, 0.3) is 0 Å². The Morgan fingerprint density at radius 3 is 2.76 bits per heavy atom. The van der Waals surface area contributed by atoms with Crippen molar-refractivity contribution in [2.75, 3.05) is 0 Å². The quantitative estimate of drug-likeness (QED) is 0.715. The van der Waals surface area contributed by atoms with Crippen molar-refractivity contribution in [1.82, 2.24) is 9.55 Å². The molecular weight excluding hydrogens is 278 g/mol. The molecule has 2 aromatic carbocycles. The van der Waals surface area contributed by atoms with E-state index >= 15 is 0 Å². The summed E-state index contributed by atoms with van der Waals surface area (Å²) < 4.78 is 2.91. The summed E-state index contributed by atoms with van der Waals surface area (Å²) in [5.41, 5.74) is 4.05. The molecule has 3 aromatic rings. The molecule has 1 aromatic heterocycles. The van der Waals surface area contributed by atoms with E-state index in [-0.39, 0.29) is 0 Å². The number of rotatable bonds is 2. The third-order valence-corrected chi connectivity index (χ3v) is 4.46. The van der Waals surface area contributed by atoms with Crippen molar-refractivity contribution in [1.29, 1.82) is 5.26 Å². The zero-order valence-electron chi connectivity index (χ0n) is 11.3. The summed E-state index contributed by atoms with van der Waals surface area (Å²) in [4.78, 5) is 3.24. The summed E-state index contributed by atoms with van der Waals surface area (Å²) in [5, 5.41) is 9.08. The van der Waals surface area contributed by atoms with E-state index in [1.54, 1.807) is 0 Å². The highest BCUT2D eigenvalue weighted by Gasteiger charge is 2.40. The molecule has 0 amide bonds. The molecule has 102 valence electrons. The summed E-state index contributed by atoms with van der Waals surface area (Å²) >= 11 is 5.48. The summed E-state index contributed by atoms with van der Waals surface area (Å²) in [6.45, 7) is 0. The molecule has 1 aliphatic rings. The Balaban J connectivity index is 1.80. The second-order valence-corrected chi connectivity index (χ2v) is 5.85. The maximum Gasteiger partial charge on any atom is 0.178 e. The van der Waals surface area contributed by atoms with Gasteiger partial charge in [0.1, 0.15) is 0 Å². The number of nitrogens with one attached hydrogen (secondary N) is 1. The minimum atomic E-state index is 0.391.